The highest BCUT2D eigenvalue weighted by molar-refractivity contribution is 5.93. The van der Waals surface area contributed by atoms with Crippen molar-refractivity contribution in [3.05, 3.63) is 71.6 Å². The lowest BCUT2D eigenvalue weighted by molar-refractivity contribution is -0.116. The normalized spacial score (nSPS) is 10.2. The number of rotatable bonds is 6. The van der Waals surface area contributed by atoms with Gasteiger partial charge in [-0.2, -0.15) is 5.26 Å². The van der Waals surface area contributed by atoms with Crippen molar-refractivity contribution >= 4 is 23.6 Å². The molecule has 25 heavy (non-hydrogen) atoms. The van der Waals surface area contributed by atoms with Crippen molar-refractivity contribution in [1.29, 1.82) is 5.26 Å². The Morgan fingerprint density at radius 3 is 2.60 bits per heavy atom. The lowest BCUT2D eigenvalue weighted by Crippen LogP contribution is -2.21. The number of nitrogens with zero attached hydrogens (tertiary/aromatic N) is 1. The van der Waals surface area contributed by atoms with Crippen LogP contribution in [0.1, 0.15) is 17.5 Å². The van der Waals surface area contributed by atoms with E-state index in [0.717, 1.165) is 0 Å². The molecule has 2 N–H and O–H groups in total. The molecule has 0 saturated carbocycles. The van der Waals surface area contributed by atoms with Crippen LogP contribution in [0.3, 0.4) is 0 Å². The van der Waals surface area contributed by atoms with Gasteiger partial charge in [0.2, 0.25) is 11.8 Å². The predicted molar refractivity (Wildman–Crippen MR) is 92.6 cm³/mol. The number of hydrogen-bond acceptors (Lipinski definition) is 3. The van der Waals surface area contributed by atoms with Crippen LogP contribution in [0.4, 0.5) is 10.1 Å². The smallest absolute Gasteiger partial charge is 0.244 e. The number of halogens is 1. The van der Waals surface area contributed by atoms with Gasteiger partial charge in [-0.1, -0.05) is 36.4 Å². The van der Waals surface area contributed by atoms with E-state index in [9.17, 15) is 14.0 Å². The van der Waals surface area contributed by atoms with Crippen LogP contribution in [0, 0.1) is 17.1 Å². The fraction of sp³-hybridized carbons (Fsp3) is 0.105. The number of hydrogen-bond donors (Lipinski definition) is 2. The molecule has 0 atom stereocenters. The Kier molecular flexibility index (Phi) is 6.43. The van der Waals surface area contributed by atoms with Gasteiger partial charge in [0.1, 0.15) is 12.2 Å². The van der Waals surface area contributed by atoms with E-state index in [4.69, 9.17) is 5.26 Å². The number of para-hydroxylation sites is 1. The van der Waals surface area contributed by atoms with Crippen molar-refractivity contribution in [2.75, 3.05) is 5.32 Å². The van der Waals surface area contributed by atoms with E-state index in [-0.39, 0.29) is 18.9 Å². The zero-order valence-electron chi connectivity index (χ0n) is 13.3. The quantitative estimate of drug-likeness (QED) is 0.795. The van der Waals surface area contributed by atoms with Crippen LogP contribution in [0.2, 0.25) is 0 Å². The second-order valence-corrected chi connectivity index (χ2v) is 5.11. The predicted octanol–water partition coefficient (Wildman–Crippen LogP) is 3.01. The largest absolute Gasteiger partial charge is 0.348 e. The Morgan fingerprint density at radius 1 is 1.12 bits per heavy atom. The molecule has 0 fully saturated rings. The maximum Gasteiger partial charge on any atom is 0.244 e. The number of carbonyl (C=O) groups is 2. The van der Waals surface area contributed by atoms with Crippen LogP contribution in [-0.4, -0.2) is 11.8 Å². The third-order valence-electron chi connectivity index (χ3n) is 3.30. The fourth-order valence-electron chi connectivity index (χ4n) is 2.08. The third-order valence-corrected chi connectivity index (χ3v) is 3.30. The second kappa shape index (κ2) is 8.99. The van der Waals surface area contributed by atoms with Crippen LogP contribution in [-0.2, 0) is 16.1 Å². The molecule has 0 bridgehead atoms. The molecule has 0 aromatic heterocycles. The van der Waals surface area contributed by atoms with Gasteiger partial charge in [0.05, 0.1) is 6.07 Å². The van der Waals surface area contributed by atoms with E-state index in [2.05, 4.69) is 10.6 Å². The number of anilines is 1. The van der Waals surface area contributed by atoms with Gasteiger partial charge < -0.3 is 10.6 Å². The molecule has 5 nitrogen and oxygen atoms in total. The Hall–Kier alpha value is -3.46. The summed E-state index contributed by atoms with van der Waals surface area (Å²) in [6.07, 6.45) is 2.40. The first kappa shape index (κ1) is 17.9. The number of amides is 2. The summed E-state index contributed by atoms with van der Waals surface area (Å²) in [5.74, 6) is -1.21. The molecule has 0 heterocycles. The minimum Gasteiger partial charge on any atom is -0.348 e. The first-order valence-corrected chi connectivity index (χ1v) is 7.55. The number of nitriles is 1. The summed E-state index contributed by atoms with van der Waals surface area (Å²) in [5, 5.41) is 13.8. The summed E-state index contributed by atoms with van der Waals surface area (Å²) in [6.45, 7) is 0.184. The van der Waals surface area contributed by atoms with Gasteiger partial charge in [0, 0.05) is 23.9 Å². The van der Waals surface area contributed by atoms with E-state index >= 15 is 0 Å². The highest BCUT2D eigenvalue weighted by Crippen LogP contribution is 2.15. The van der Waals surface area contributed by atoms with Crippen molar-refractivity contribution in [3.8, 4) is 6.07 Å². The first-order valence-electron chi connectivity index (χ1n) is 7.55. The lowest BCUT2D eigenvalue weighted by Gasteiger charge is -2.10. The minimum absolute atomic E-state index is 0.184. The standard InChI is InChI=1S/C19H16FN3O2/c20-16-7-3-1-5-14(16)9-10-18(24)22-13-15-6-2-4-8-17(15)23-19(25)11-12-21/h1-10H,11,13H2,(H,22,24)(H,23,25)/b10-9+. The van der Waals surface area contributed by atoms with Gasteiger partial charge in [0.25, 0.3) is 0 Å². The number of carbonyl (C=O) groups excluding carboxylic acids is 2. The van der Waals surface area contributed by atoms with Gasteiger partial charge >= 0.3 is 0 Å². The van der Waals surface area contributed by atoms with Crippen LogP contribution in [0.15, 0.2) is 54.6 Å². The van der Waals surface area contributed by atoms with Crippen molar-refractivity contribution in [1.82, 2.24) is 5.32 Å². The van der Waals surface area contributed by atoms with E-state index in [1.165, 1.54) is 18.2 Å². The average molecular weight is 337 g/mol. The Balaban J connectivity index is 1.97. The van der Waals surface area contributed by atoms with Gasteiger partial charge in [-0.3, -0.25) is 9.59 Å². The molecule has 2 rings (SSSR count). The maximum atomic E-state index is 13.5. The highest BCUT2D eigenvalue weighted by atomic mass is 19.1. The molecule has 0 unspecified atom stereocenters. The highest BCUT2D eigenvalue weighted by Gasteiger charge is 2.07. The molecule has 0 saturated heterocycles. The second-order valence-electron chi connectivity index (χ2n) is 5.11. The van der Waals surface area contributed by atoms with E-state index in [1.54, 1.807) is 48.5 Å². The van der Waals surface area contributed by atoms with Gasteiger partial charge in [0.15, 0.2) is 0 Å². The van der Waals surface area contributed by atoms with Crippen LogP contribution in [0.5, 0.6) is 0 Å². The molecule has 0 spiro atoms. The third kappa shape index (κ3) is 5.59. The molecule has 6 heteroatoms. The van der Waals surface area contributed by atoms with Crippen molar-refractivity contribution in [2.45, 2.75) is 13.0 Å². The number of benzene rings is 2. The van der Waals surface area contributed by atoms with Crippen molar-refractivity contribution in [3.63, 3.8) is 0 Å². The summed E-state index contributed by atoms with van der Waals surface area (Å²) >= 11 is 0. The van der Waals surface area contributed by atoms with Gasteiger partial charge in [-0.15, -0.1) is 0 Å². The topological polar surface area (TPSA) is 82.0 Å². The molecule has 0 aliphatic heterocycles. The van der Waals surface area contributed by atoms with E-state index < -0.39 is 11.7 Å². The lowest BCUT2D eigenvalue weighted by atomic mass is 10.1. The van der Waals surface area contributed by atoms with Crippen LogP contribution >= 0.6 is 0 Å². The summed E-state index contributed by atoms with van der Waals surface area (Å²) in [7, 11) is 0. The van der Waals surface area contributed by atoms with E-state index in [0.29, 0.717) is 16.8 Å². The number of nitrogens with one attached hydrogen (secondary N) is 2. The SMILES string of the molecule is N#CCC(=O)Nc1ccccc1CNC(=O)/C=C/c1ccccc1F. The fourth-order valence-corrected chi connectivity index (χ4v) is 2.08. The van der Waals surface area contributed by atoms with Gasteiger partial charge in [-0.05, 0) is 23.8 Å². The average Bonchev–Trinajstić information content (AvgIpc) is 2.60. The molecule has 0 aliphatic carbocycles. The molecular formula is C19H16FN3O2. The zero-order chi connectivity index (χ0) is 18.1. The van der Waals surface area contributed by atoms with Gasteiger partial charge in [-0.25, -0.2) is 4.39 Å². The van der Waals surface area contributed by atoms with Crippen LogP contribution < -0.4 is 10.6 Å². The zero-order valence-corrected chi connectivity index (χ0v) is 13.3. The van der Waals surface area contributed by atoms with Crippen LogP contribution in [0.25, 0.3) is 6.08 Å². The molecule has 2 aromatic rings. The Labute approximate surface area is 144 Å². The molecular weight excluding hydrogens is 321 g/mol. The summed E-state index contributed by atoms with van der Waals surface area (Å²) < 4.78 is 13.5. The molecule has 0 aliphatic rings. The molecule has 0 radical (unpaired) electrons. The molecule has 2 amide bonds. The summed E-state index contributed by atoms with van der Waals surface area (Å²) in [4.78, 5) is 23.4. The van der Waals surface area contributed by atoms with Crippen molar-refractivity contribution in [2.24, 2.45) is 0 Å². The van der Waals surface area contributed by atoms with E-state index in [1.807, 2.05) is 0 Å². The monoisotopic (exact) mass is 337 g/mol. The van der Waals surface area contributed by atoms with Crippen molar-refractivity contribution < 1.29 is 14.0 Å². The molecule has 126 valence electrons. The summed E-state index contributed by atoms with van der Waals surface area (Å²) in [5.41, 5.74) is 1.55. The molecule has 2 aromatic carbocycles. The maximum absolute atomic E-state index is 13.5. The summed E-state index contributed by atoms with van der Waals surface area (Å²) in [6, 6.07) is 14.9. The minimum atomic E-state index is -0.416. The Bertz CT molecular complexity index is 841. The Morgan fingerprint density at radius 2 is 1.84 bits per heavy atom. The first-order chi connectivity index (χ1) is 12.1.